The lowest BCUT2D eigenvalue weighted by molar-refractivity contribution is -0.135. The van der Waals surface area contributed by atoms with Crippen molar-refractivity contribution < 1.29 is 4.79 Å². The van der Waals surface area contributed by atoms with E-state index in [0.717, 1.165) is 49.8 Å². The third-order valence-corrected chi connectivity index (χ3v) is 4.78. The minimum Gasteiger partial charge on any atom is -0.340 e. The molecule has 0 aromatic carbocycles. The molecule has 2 aromatic heterocycles. The van der Waals surface area contributed by atoms with E-state index in [1.807, 2.05) is 26.2 Å². The number of nitrogens with one attached hydrogen (secondary N) is 1. The number of aryl methyl sites for hydroxylation is 4. The van der Waals surface area contributed by atoms with Gasteiger partial charge in [0.2, 0.25) is 5.91 Å². The Morgan fingerprint density at radius 1 is 1.38 bits per heavy atom. The van der Waals surface area contributed by atoms with Crippen molar-refractivity contribution in [2.45, 2.75) is 65.0 Å². The zero-order valence-corrected chi connectivity index (χ0v) is 14.5. The zero-order valence-electron chi connectivity index (χ0n) is 14.5. The number of hydrogen-bond donors (Lipinski definition) is 1. The number of aromatic amines is 1. The van der Waals surface area contributed by atoms with Gasteiger partial charge >= 0.3 is 0 Å². The molecule has 1 aliphatic heterocycles. The molecule has 1 atom stereocenters. The van der Waals surface area contributed by atoms with Crippen LogP contribution in [0, 0.1) is 13.8 Å². The summed E-state index contributed by atoms with van der Waals surface area (Å²) in [5.41, 5.74) is 0. The summed E-state index contributed by atoms with van der Waals surface area (Å²) >= 11 is 0. The number of imidazole rings is 1. The van der Waals surface area contributed by atoms with E-state index in [1.54, 1.807) is 0 Å². The molecule has 1 N–H and O–H groups in total. The first kappa shape index (κ1) is 16.7. The summed E-state index contributed by atoms with van der Waals surface area (Å²) in [6, 6.07) is 0.335. The summed E-state index contributed by atoms with van der Waals surface area (Å²) in [6.07, 6.45) is 9.32. The van der Waals surface area contributed by atoms with E-state index in [-0.39, 0.29) is 5.91 Å². The van der Waals surface area contributed by atoms with E-state index in [4.69, 9.17) is 0 Å². The third-order valence-electron chi connectivity index (χ3n) is 4.78. The Balaban J connectivity index is 1.54. The van der Waals surface area contributed by atoms with E-state index >= 15 is 0 Å². The largest absolute Gasteiger partial charge is 0.340 e. The van der Waals surface area contributed by atoms with Crippen LogP contribution in [0.2, 0.25) is 0 Å². The van der Waals surface area contributed by atoms with Gasteiger partial charge < -0.3 is 9.47 Å². The van der Waals surface area contributed by atoms with Crippen molar-refractivity contribution in [1.82, 2.24) is 29.6 Å². The van der Waals surface area contributed by atoms with Crippen molar-refractivity contribution in [2.75, 3.05) is 6.54 Å². The van der Waals surface area contributed by atoms with Gasteiger partial charge in [0.15, 0.2) is 5.82 Å². The maximum absolute atomic E-state index is 12.7. The van der Waals surface area contributed by atoms with Gasteiger partial charge in [-0.25, -0.2) is 9.97 Å². The Morgan fingerprint density at radius 2 is 2.25 bits per heavy atom. The highest BCUT2D eigenvalue weighted by Gasteiger charge is 2.26. The van der Waals surface area contributed by atoms with Gasteiger partial charge in [0.05, 0.1) is 0 Å². The Hall–Kier alpha value is -2.18. The molecular formula is C17H26N6O. The van der Waals surface area contributed by atoms with Crippen LogP contribution in [-0.4, -0.2) is 48.1 Å². The summed E-state index contributed by atoms with van der Waals surface area (Å²) in [5.74, 6) is 2.78. The summed E-state index contributed by atoms with van der Waals surface area (Å²) in [6.45, 7) is 5.68. The maximum atomic E-state index is 12.7. The molecule has 130 valence electrons. The maximum Gasteiger partial charge on any atom is 0.223 e. The minimum atomic E-state index is 0.226. The van der Waals surface area contributed by atoms with E-state index in [1.165, 1.54) is 6.42 Å². The molecule has 3 rings (SSSR count). The highest BCUT2D eigenvalue weighted by molar-refractivity contribution is 5.76. The van der Waals surface area contributed by atoms with E-state index in [2.05, 4.69) is 29.6 Å². The number of carbonyl (C=O) groups excluding carboxylic acids is 1. The highest BCUT2D eigenvalue weighted by atomic mass is 16.2. The first-order chi connectivity index (χ1) is 11.6. The molecule has 24 heavy (non-hydrogen) atoms. The second-order valence-corrected chi connectivity index (χ2v) is 6.53. The molecule has 0 bridgehead atoms. The SMILES string of the molecule is Cc1nc(CCC(=O)N2CCCC[C@@H]2CCn2ccnc2C)n[nH]1. The van der Waals surface area contributed by atoms with Crippen molar-refractivity contribution in [2.24, 2.45) is 0 Å². The Bertz CT molecular complexity index is 676. The molecule has 1 aliphatic rings. The normalized spacial score (nSPS) is 18.1. The second kappa shape index (κ2) is 7.59. The van der Waals surface area contributed by atoms with Crippen LogP contribution < -0.4 is 0 Å². The monoisotopic (exact) mass is 330 g/mol. The highest BCUT2D eigenvalue weighted by Crippen LogP contribution is 2.21. The molecule has 3 heterocycles. The molecule has 0 aliphatic carbocycles. The van der Waals surface area contributed by atoms with Crippen LogP contribution in [0.1, 0.15) is 49.6 Å². The second-order valence-electron chi connectivity index (χ2n) is 6.53. The number of hydrogen-bond acceptors (Lipinski definition) is 4. The average molecular weight is 330 g/mol. The van der Waals surface area contributed by atoms with E-state index in [9.17, 15) is 4.79 Å². The summed E-state index contributed by atoms with van der Waals surface area (Å²) in [7, 11) is 0. The number of H-pyrrole nitrogens is 1. The third kappa shape index (κ3) is 4.01. The lowest BCUT2D eigenvalue weighted by Gasteiger charge is -2.36. The van der Waals surface area contributed by atoms with Gasteiger partial charge in [-0.05, 0) is 39.5 Å². The average Bonchev–Trinajstić information content (AvgIpc) is 3.19. The van der Waals surface area contributed by atoms with E-state index < -0.39 is 0 Å². The van der Waals surface area contributed by atoms with Crippen molar-refractivity contribution in [1.29, 1.82) is 0 Å². The van der Waals surface area contributed by atoms with Crippen LogP contribution >= 0.6 is 0 Å². The minimum absolute atomic E-state index is 0.226. The molecule has 0 radical (unpaired) electrons. The number of likely N-dealkylation sites (tertiary alicyclic amines) is 1. The van der Waals surface area contributed by atoms with Crippen molar-refractivity contribution in [3.05, 3.63) is 29.9 Å². The number of nitrogens with zero attached hydrogens (tertiary/aromatic N) is 5. The van der Waals surface area contributed by atoms with Crippen molar-refractivity contribution in [3.63, 3.8) is 0 Å². The fraction of sp³-hybridized carbons (Fsp3) is 0.647. The van der Waals surface area contributed by atoms with Gasteiger partial charge in [-0.2, -0.15) is 5.10 Å². The van der Waals surface area contributed by atoms with Crippen LogP contribution in [0.15, 0.2) is 12.4 Å². The lowest BCUT2D eigenvalue weighted by atomic mass is 9.98. The van der Waals surface area contributed by atoms with Crippen LogP contribution in [0.3, 0.4) is 0 Å². The van der Waals surface area contributed by atoms with Gasteiger partial charge in [-0.3, -0.25) is 9.89 Å². The van der Waals surface area contributed by atoms with Crippen molar-refractivity contribution >= 4 is 5.91 Å². The molecule has 7 heteroatoms. The predicted octanol–water partition coefficient (Wildman–Crippen LogP) is 2.02. The Labute approximate surface area is 142 Å². The van der Waals surface area contributed by atoms with Gasteiger partial charge in [-0.1, -0.05) is 0 Å². The lowest BCUT2D eigenvalue weighted by Crippen LogP contribution is -2.44. The molecule has 0 spiro atoms. The first-order valence-electron chi connectivity index (χ1n) is 8.78. The fourth-order valence-corrected chi connectivity index (χ4v) is 3.42. The number of rotatable bonds is 6. The van der Waals surface area contributed by atoms with Crippen LogP contribution in [-0.2, 0) is 17.8 Å². The zero-order chi connectivity index (χ0) is 16.9. The van der Waals surface area contributed by atoms with Gasteiger partial charge in [0.1, 0.15) is 11.6 Å². The van der Waals surface area contributed by atoms with Gasteiger partial charge in [0.25, 0.3) is 0 Å². The molecule has 0 unspecified atom stereocenters. The molecule has 2 aromatic rings. The topological polar surface area (TPSA) is 79.7 Å². The van der Waals surface area contributed by atoms with E-state index in [0.29, 0.717) is 18.9 Å². The van der Waals surface area contributed by atoms with Crippen molar-refractivity contribution in [3.8, 4) is 0 Å². The smallest absolute Gasteiger partial charge is 0.223 e. The standard InChI is InChI=1S/C17H26N6O/c1-13-19-16(21-20-13)6-7-17(24)23-10-4-3-5-15(23)8-11-22-12-9-18-14(22)2/h9,12,15H,3-8,10-11H2,1-2H3,(H,19,20,21)/t15-/m1/s1. The van der Waals surface area contributed by atoms with Gasteiger partial charge in [0, 0.05) is 44.4 Å². The molecule has 1 saturated heterocycles. The predicted molar refractivity (Wildman–Crippen MR) is 90.4 cm³/mol. The number of aromatic nitrogens is 5. The summed E-state index contributed by atoms with van der Waals surface area (Å²) < 4.78 is 2.16. The molecule has 1 fully saturated rings. The Morgan fingerprint density at radius 3 is 2.96 bits per heavy atom. The quantitative estimate of drug-likeness (QED) is 0.879. The number of carbonyl (C=O) groups is 1. The molecule has 1 amide bonds. The van der Waals surface area contributed by atoms with Crippen LogP contribution in [0.4, 0.5) is 0 Å². The van der Waals surface area contributed by atoms with Crippen LogP contribution in [0.5, 0.6) is 0 Å². The number of amides is 1. The fourth-order valence-electron chi connectivity index (χ4n) is 3.42. The molecular weight excluding hydrogens is 304 g/mol. The number of piperidine rings is 1. The molecule has 7 nitrogen and oxygen atoms in total. The summed E-state index contributed by atoms with van der Waals surface area (Å²) in [4.78, 5) is 23.3. The van der Waals surface area contributed by atoms with Crippen LogP contribution in [0.25, 0.3) is 0 Å². The first-order valence-corrected chi connectivity index (χ1v) is 8.78. The summed E-state index contributed by atoms with van der Waals surface area (Å²) in [5, 5.41) is 6.94. The Kier molecular flexibility index (Phi) is 5.27. The molecule has 0 saturated carbocycles. The van der Waals surface area contributed by atoms with Gasteiger partial charge in [-0.15, -0.1) is 0 Å².